The Kier molecular flexibility index (Phi) is 3.24. The van der Waals surface area contributed by atoms with Crippen molar-refractivity contribution in [3.63, 3.8) is 0 Å². The zero-order chi connectivity index (χ0) is 14.7. The summed E-state index contributed by atoms with van der Waals surface area (Å²) >= 11 is 1.89. The topological polar surface area (TPSA) is 24.9 Å². The van der Waals surface area contributed by atoms with Gasteiger partial charge in [0, 0.05) is 28.6 Å². The van der Waals surface area contributed by atoms with Crippen LogP contribution in [0.3, 0.4) is 0 Å². The van der Waals surface area contributed by atoms with E-state index < -0.39 is 0 Å². The van der Waals surface area contributed by atoms with Gasteiger partial charge in [-0.15, -0.1) is 11.3 Å². The van der Waals surface area contributed by atoms with Crippen LogP contribution in [0.5, 0.6) is 0 Å². The van der Waals surface area contributed by atoms with Gasteiger partial charge in [0.15, 0.2) is 0 Å². The van der Waals surface area contributed by atoms with Crippen LogP contribution in [0.25, 0.3) is 0 Å². The molecular formula is C18H28N2S. The van der Waals surface area contributed by atoms with E-state index in [1.807, 2.05) is 11.3 Å². The number of hydrogen-bond acceptors (Lipinski definition) is 3. The molecule has 0 unspecified atom stereocenters. The Balaban J connectivity index is 1.44. The molecule has 4 saturated carbocycles. The first kappa shape index (κ1) is 14.2. The molecule has 0 saturated heterocycles. The van der Waals surface area contributed by atoms with Gasteiger partial charge in [0.25, 0.3) is 0 Å². The van der Waals surface area contributed by atoms with Crippen LogP contribution < -0.4 is 5.32 Å². The van der Waals surface area contributed by atoms with Gasteiger partial charge >= 0.3 is 0 Å². The molecule has 4 bridgehead atoms. The quantitative estimate of drug-likeness (QED) is 0.889. The second-order valence-corrected chi connectivity index (χ2v) is 10.0. The van der Waals surface area contributed by atoms with Crippen molar-refractivity contribution < 1.29 is 0 Å². The molecule has 3 heteroatoms. The summed E-state index contributed by atoms with van der Waals surface area (Å²) in [7, 11) is 0. The zero-order valence-corrected chi connectivity index (χ0v) is 14.4. The number of rotatable bonds is 3. The van der Waals surface area contributed by atoms with Gasteiger partial charge in [-0.2, -0.15) is 0 Å². The third-order valence-corrected chi connectivity index (χ3v) is 7.29. The number of nitrogens with zero attached hydrogens (tertiary/aromatic N) is 1. The maximum absolute atomic E-state index is 4.63. The summed E-state index contributed by atoms with van der Waals surface area (Å²) in [4.78, 5) is 6.04. The molecule has 4 aliphatic carbocycles. The van der Waals surface area contributed by atoms with Crippen molar-refractivity contribution in [3.05, 3.63) is 16.1 Å². The Labute approximate surface area is 132 Å². The van der Waals surface area contributed by atoms with Gasteiger partial charge in [-0.1, -0.05) is 20.8 Å². The van der Waals surface area contributed by atoms with Crippen LogP contribution in [0.4, 0.5) is 0 Å². The van der Waals surface area contributed by atoms with Gasteiger partial charge < -0.3 is 5.32 Å². The van der Waals surface area contributed by atoms with E-state index in [0.29, 0.717) is 5.54 Å². The lowest BCUT2D eigenvalue weighted by molar-refractivity contribution is -0.0204. The Morgan fingerprint density at radius 1 is 1.14 bits per heavy atom. The molecule has 2 nitrogen and oxygen atoms in total. The van der Waals surface area contributed by atoms with Crippen molar-refractivity contribution in [1.29, 1.82) is 0 Å². The lowest BCUT2D eigenvalue weighted by Gasteiger charge is -2.57. The van der Waals surface area contributed by atoms with Crippen molar-refractivity contribution in [2.75, 3.05) is 0 Å². The molecule has 116 valence electrons. The first-order chi connectivity index (χ1) is 9.92. The van der Waals surface area contributed by atoms with Crippen molar-refractivity contribution in [3.8, 4) is 0 Å². The molecule has 1 N–H and O–H groups in total. The summed E-state index contributed by atoms with van der Waals surface area (Å²) in [5, 5.41) is 5.25. The van der Waals surface area contributed by atoms with Crippen LogP contribution in [-0.2, 0) is 12.0 Å². The SMILES string of the molecule is CC(C)(C)c1ncc(CNC23CC4CC(CC(C4)C2)C3)s1. The first-order valence-electron chi connectivity index (χ1n) is 8.62. The Hall–Kier alpha value is -0.410. The predicted molar refractivity (Wildman–Crippen MR) is 88.6 cm³/mol. The second kappa shape index (κ2) is 4.79. The highest BCUT2D eigenvalue weighted by Gasteiger charge is 2.50. The summed E-state index contributed by atoms with van der Waals surface area (Å²) in [5.74, 6) is 3.07. The molecule has 0 amide bonds. The van der Waals surface area contributed by atoms with Gasteiger partial charge in [0.05, 0.1) is 5.01 Å². The monoisotopic (exact) mass is 304 g/mol. The number of aromatic nitrogens is 1. The van der Waals surface area contributed by atoms with E-state index in [4.69, 9.17) is 0 Å². The molecular weight excluding hydrogens is 276 g/mol. The summed E-state index contributed by atoms with van der Waals surface area (Å²) in [6, 6.07) is 0. The van der Waals surface area contributed by atoms with Crippen LogP contribution in [0, 0.1) is 17.8 Å². The lowest BCUT2D eigenvalue weighted by atomic mass is 9.53. The van der Waals surface area contributed by atoms with Crippen molar-refractivity contribution in [1.82, 2.24) is 10.3 Å². The second-order valence-electron chi connectivity index (χ2n) is 8.93. The van der Waals surface area contributed by atoms with E-state index in [9.17, 15) is 0 Å². The maximum atomic E-state index is 4.63. The summed E-state index contributed by atoms with van der Waals surface area (Å²) in [5.41, 5.74) is 0.657. The fourth-order valence-electron chi connectivity index (χ4n) is 5.34. The minimum absolute atomic E-state index is 0.184. The van der Waals surface area contributed by atoms with Gasteiger partial charge in [0.1, 0.15) is 0 Å². The van der Waals surface area contributed by atoms with E-state index in [1.165, 1.54) is 48.4 Å². The van der Waals surface area contributed by atoms with Crippen LogP contribution in [0.15, 0.2) is 6.20 Å². The highest BCUT2D eigenvalue weighted by Crippen LogP contribution is 2.55. The van der Waals surface area contributed by atoms with Crippen molar-refractivity contribution >= 4 is 11.3 Å². The molecule has 0 aromatic carbocycles. The number of nitrogens with one attached hydrogen (secondary N) is 1. The van der Waals surface area contributed by atoms with E-state index in [1.54, 1.807) is 0 Å². The molecule has 21 heavy (non-hydrogen) atoms. The summed E-state index contributed by atoms with van der Waals surface area (Å²) in [6.45, 7) is 7.78. The van der Waals surface area contributed by atoms with Gasteiger partial charge in [-0.05, 0) is 56.3 Å². The third kappa shape index (κ3) is 2.68. The Morgan fingerprint density at radius 3 is 2.19 bits per heavy atom. The summed E-state index contributed by atoms with van der Waals surface area (Å²) < 4.78 is 0. The molecule has 5 rings (SSSR count). The van der Waals surface area contributed by atoms with Crippen LogP contribution >= 0.6 is 11.3 Å². The van der Waals surface area contributed by atoms with E-state index >= 15 is 0 Å². The Bertz CT molecular complexity index is 490. The third-order valence-electron chi connectivity index (χ3n) is 5.87. The van der Waals surface area contributed by atoms with Gasteiger partial charge in [-0.3, -0.25) is 0 Å². The fraction of sp³-hybridized carbons (Fsp3) is 0.833. The van der Waals surface area contributed by atoms with Crippen LogP contribution in [0.2, 0.25) is 0 Å². The van der Waals surface area contributed by atoms with E-state index in [2.05, 4.69) is 37.3 Å². The van der Waals surface area contributed by atoms with Crippen LogP contribution in [0.1, 0.15) is 69.2 Å². The fourth-order valence-corrected chi connectivity index (χ4v) is 6.25. The summed E-state index contributed by atoms with van der Waals surface area (Å²) in [6.07, 6.45) is 11.0. The maximum Gasteiger partial charge on any atom is 0.0981 e. The first-order valence-corrected chi connectivity index (χ1v) is 9.44. The highest BCUT2D eigenvalue weighted by molar-refractivity contribution is 7.11. The highest BCUT2D eigenvalue weighted by atomic mass is 32.1. The van der Waals surface area contributed by atoms with Crippen molar-refractivity contribution in [2.45, 2.75) is 76.8 Å². The molecule has 1 aromatic rings. The largest absolute Gasteiger partial charge is 0.306 e. The predicted octanol–water partition coefficient (Wildman–Crippen LogP) is 4.50. The smallest absolute Gasteiger partial charge is 0.0981 e. The average Bonchev–Trinajstić information content (AvgIpc) is 2.83. The minimum Gasteiger partial charge on any atom is -0.306 e. The molecule has 0 spiro atoms. The molecule has 4 fully saturated rings. The number of hydrogen-bond donors (Lipinski definition) is 1. The van der Waals surface area contributed by atoms with Crippen molar-refractivity contribution in [2.24, 2.45) is 17.8 Å². The van der Waals surface area contributed by atoms with E-state index in [-0.39, 0.29) is 5.41 Å². The minimum atomic E-state index is 0.184. The molecule has 1 aromatic heterocycles. The van der Waals surface area contributed by atoms with Gasteiger partial charge in [0.2, 0.25) is 0 Å². The van der Waals surface area contributed by atoms with E-state index in [0.717, 1.165) is 24.3 Å². The molecule has 0 aliphatic heterocycles. The van der Waals surface area contributed by atoms with Gasteiger partial charge in [-0.25, -0.2) is 4.98 Å². The number of thiazole rings is 1. The molecule has 4 aliphatic rings. The molecule has 0 radical (unpaired) electrons. The standard InChI is InChI=1S/C18H28N2S/c1-17(2,3)16-19-10-15(21-16)11-20-18-7-12-4-13(8-18)6-14(5-12)9-18/h10,12-14,20H,4-9,11H2,1-3H3. The zero-order valence-electron chi connectivity index (χ0n) is 13.6. The van der Waals surface area contributed by atoms with Crippen LogP contribution in [-0.4, -0.2) is 10.5 Å². The molecule has 0 atom stereocenters. The molecule has 1 heterocycles. The normalized spacial score (nSPS) is 38.1. The average molecular weight is 305 g/mol. The lowest BCUT2D eigenvalue weighted by Crippen LogP contribution is -2.58. The Morgan fingerprint density at radius 2 is 1.71 bits per heavy atom.